The van der Waals surface area contributed by atoms with E-state index in [1.165, 1.54) is 5.56 Å². The van der Waals surface area contributed by atoms with E-state index in [2.05, 4.69) is 36.5 Å². The normalized spacial score (nSPS) is 12.2. The predicted octanol–water partition coefficient (Wildman–Crippen LogP) is 5.25. The lowest BCUT2D eigenvalue weighted by Gasteiger charge is -2.20. The van der Waals surface area contributed by atoms with Crippen molar-refractivity contribution in [2.24, 2.45) is 0 Å². The number of methoxy groups -OCH3 is 1. The van der Waals surface area contributed by atoms with Crippen molar-refractivity contribution < 1.29 is 9.47 Å². The first-order valence-electron chi connectivity index (χ1n) is 8.80. The number of rotatable bonds is 9. The third-order valence-corrected chi connectivity index (χ3v) is 4.24. The Morgan fingerprint density at radius 3 is 2.44 bits per heavy atom. The summed E-state index contributed by atoms with van der Waals surface area (Å²) in [6, 6.07) is 14.7. The third kappa shape index (κ3) is 6.26. The molecule has 0 fully saturated rings. The van der Waals surface area contributed by atoms with Crippen LogP contribution < -0.4 is 14.8 Å². The second kappa shape index (κ2) is 9.69. The lowest BCUT2D eigenvalue weighted by molar-refractivity contribution is 0.227. The van der Waals surface area contributed by atoms with Gasteiger partial charge in [0.2, 0.25) is 0 Å². The molecule has 2 aromatic rings. The van der Waals surface area contributed by atoms with Gasteiger partial charge in [-0.2, -0.15) is 0 Å². The minimum atomic E-state index is 0.0735. The predicted molar refractivity (Wildman–Crippen MR) is 105 cm³/mol. The highest BCUT2D eigenvalue weighted by molar-refractivity contribution is 6.30. The van der Waals surface area contributed by atoms with Crippen LogP contribution in [0, 0.1) is 0 Å². The molecule has 136 valence electrons. The number of benzene rings is 2. The molecule has 1 N–H and O–H groups in total. The first-order valence-corrected chi connectivity index (χ1v) is 9.17. The van der Waals surface area contributed by atoms with Gasteiger partial charge in [0.25, 0.3) is 0 Å². The van der Waals surface area contributed by atoms with Crippen LogP contribution in [-0.2, 0) is 13.0 Å². The van der Waals surface area contributed by atoms with Crippen molar-refractivity contribution in [2.45, 2.75) is 52.3 Å². The molecule has 0 amide bonds. The Bertz CT molecular complexity index is 658. The van der Waals surface area contributed by atoms with Crippen molar-refractivity contribution in [1.29, 1.82) is 0 Å². The summed E-state index contributed by atoms with van der Waals surface area (Å²) in [5.74, 6) is 1.44. The molecule has 2 aromatic carbocycles. The van der Waals surface area contributed by atoms with Crippen molar-refractivity contribution in [3.63, 3.8) is 0 Å². The Kier molecular flexibility index (Phi) is 7.60. The van der Waals surface area contributed by atoms with Crippen LogP contribution in [0.4, 0.5) is 0 Å². The summed E-state index contributed by atoms with van der Waals surface area (Å²) in [7, 11) is 1.64. The molecule has 0 radical (unpaired) electrons. The zero-order valence-corrected chi connectivity index (χ0v) is 16.3. The van der Waals surface area contributed by atoms with Crippen LogP contribution in [-0.4, -0.2) is 19.3 Å². The Morgan fingerprint density at radius 1 is 1.08 bits per heavy atom. The maximum absolute atomic E-state index is 6.23. The second-order valence-corrected chi connectivity index (χ2v) is 7.01. The summed E-state index contributed by atoms with van der Waals surface area (Å²) in [6.07, 6.45) is 2.20. The van der Waals surface area contributed by atoms with E-state index < -0.39 is 0 Å². The van der Waals surface area contributed by atoms with Crippen LogP contribution in [0.15, 0.2) is 42.5 Å². The van der Waals surface area contributed by atoms with E-state index in [0.717, 1.165) is 24.2 Å². The summed E-state index contributed by atoms with van der Waals surface area (Å²) in [4.78, 5) is 0. The molecular formula is C21H28ClNO2. The minimum Gasteiger partial charge on any atom is -0.493 e. The number of hydrogen-bond acceptors (Lipinski definition) is 3. The number of aryl methyl sites for hydroxylation is 1. The minimum absolute atomic E-state index is 0.0735. The van der Waals surface area contributed by atoms with Crippen LogP contribution in [0.25, 0.3) is 0 Å². The average Bonchev–Trinajstić information content (AvgIpc) is 2.60. The molecule has 0 aliphatic carbocycles. The van der Waals surface area contributed by atoms with Crippen molar-refractivity contribution in [3.8, 4) is 11.5 Å². The first-order chi connectivity index (χ1) is 12.0. The molecule has 0 bridgehead atoms. The fourth-order valence-electron chi connectivity index (χ4n) is 2.69. The molecule has 0 aliphatic heterocycles. The molecule has 0 aliphatic rings. The highest BCUT2D eigenvalue weighted by Crippen LogP contribution is 2.35. The van der Waals surface area contributed by atoms with E-state index in [1.807, 2.05) is 26.0 Å². The van der Waals surface area contributed by atoms with Gasteiger partial charge in [-0.25, -0.2) is 0 Å². The molecule has 0 heterocycles. The van der Waals surface area contributed by atoms with Gasteiger partial charge in [0, 0.05) is 29.2 Å². The van der Waals surface area contributed by atoms with Crippen LogP contribution in [0.1, 0.15) is 38.3 Å². The first kappa shape index (κ1) is 19.6. The zero-order chi connectivity index (χ0) is 18.2. The number of hydrogen-bond donors (Lipinski definition) is 1. The highest BCUT2D eigenvalue weighted by atomic mass is 35.5. The van der Waals surface area contributed by atoms with Gasteiger partial charge >= 0.3 is 0 Å². The van der Waals surface area contributed by atoms with Crippen molar-refractivity contribution in [1.82, 2.24) is 5.32 Å². The fourth-order valence-corrected chi connectivity index (χ4v) is 2.92. The second-order valence-electron chi connectivity index (χ2n) is 6.57. The molecular weight excluding hydrogens is 334 g/mol. The topological polar surface area (TPSA) is 30.5 Å². The molecule has 0 saturated carbocycles. The van der Waals surface area contributed by atoms with E-state index in [1.54, 1.807) is 13.2 Å². The van der Waals surface area contributed by atoms with Crippen molar-refractivity contribution >= 4 is 11.6 Å². The molecule has 3 nitrogen and oxygen atoms in total. The summed E-state index contributed by atoms with van der Waals surface area (Å²) >= 11 is 6.23. The van der Waals surface area contributed by atoms with Gasteiger partial charge in [0.15, 0.2) is 11.5 Å². The lowest BCUT2D eigenvalue weighted by Crippen LogP contribution is -2.26. The Balaban J connectivity index is 1.99. The third-order valence-electron chi connectivity index (χ3n) is 4.02. The number of ether oxygens (including phenoxy) is 2. The molecule has 1 unspecified atom stereocenters. The molecule has 0 aromatic heterocycles. The maximum Gasteiger partial charge on any atom is 0.166 e. The van der Waals surface area contributed by atoms with Crippen LogP contribution in [0.5, 0.6) is 11.5 Å². The van der Waals surface area contributed by atoms with E-state index in [4.69, 9.17) is 21.1 Å². The Hall–Kier alpha value is -1.71. The van der Waals surface area contributed by atoms with Gasteiger partial charge in [-0.3, -0.25) is 0 Å². The quantitative estimate of drug-likeness (QED) is 0.662. The summed E-state index contributed by atoms with van der Waals surface area (Å²) in [5.41, 5.74) is 2.38. The number of halogens is 1. The highest BCUT2D eigenvalue weighted by Gasteiger charge is 2.15. The molecule has 0 saturated heterocycles. The van der Waals surface area contributed by atoms with Gasteiger partial charge in [-0.1, -0.05) is 41.9 Å². The van der Waals surface area contributed by atoms with Crippen molar-refractivity contribution in [2.75, 3.05) is 7.11 Å². The van der Waals surface area contributed by atoms with E-state index in [-0.39, 0.29) is 6.10 Å². The molecule has 25 heavy (non-hydrogen) atoms. The summed E-state index contributed by atoms with van der Waals surface area (Å²) in [6.45, 7) is 6.91. The monoisotopic (exact) mass is 361 g/mol. The molecule has 1 atom stereocenters. The maximum atomic E-state index is 6.23. The molecule has 0 spiro atoms. The average molecular weight is 362 g/mol. The van der Waals surface area contributed by atoms with Gasteiger partial charge in [-0.05, 0) is 45.2 Å². The summed E-state index contributed by atoms with van der Waals surface area (Å²) in [5, 5.41) is 4.22. The lowest BCUT2D eigenvalue weighted by atomic mass is 10.1. The standard InChI is InChI=1S/C21H28ClNO2/c1-15(2)25-21-18(12-19(22)13-20(21)24-4)14-23-16(3)10-11-17-8-6-5-7-9-17/h5-9,12-13,15-16,23H,10-11,14H2,1-4H3. The van der Waals surface area contributed by atoms with Gasteiger partial charge < -0.3 is 14.8 Å². The fraction of sp³-hybridized carbons (Fsp3) is 0.429. The van der Waals surface area contributed by atoms with Gasteiger partial charge in [0.1, 0.15) is 0 Å². The largest absolute Gasteiger partial charge is 0.493 e. The van der Waals surface area contributed by atoms with Crippen LogP contribution >= 0.6 is 11.6 Å². The Morgan fingerprint density at radius 2 is 1.80 bits per heavy atom. The van der Waals surface area contributed by atoms with E-state index >= 15 is 0 Å². The molecule has 2 rings (SSSR count). The van der Waals surface area contributed by atoms with Crippen molar-refractivity contribution in [3.05, 3.63) is 58.6 Å². The van der Waals surface area contributed by atoms with Gasteiger partial charge in [0.05, 0.1) is 13.2 Å². The van der Waals surface area contributed by atoms with Crippen LogP contribution in [0.2, 0.25) is 5.02 Å². The van der Waals surface area contributed by atoms with E-state index in [0.29, 0.717) is 23.4 Å². The molecule has 4 heteroatoms. The van der Waals surface area contributed by atoms with E-state index in [9.17, 15) is 0 Å². The van der Waals surface area contributed by atoms with Crippen LogP contribution in [0.3, 0.4) is 0 Å². The Labute approximate surface area is 156 Å². The summed E-state index contributed by atoms with van der Waals surface area (Å²) < 4.78 is 11.4. The SMILES string of the molecule is COc1cc(Cl)cc(CNC(C)CCc2ccccc2)c1OC(C)C. The zero-order valence-electron chi connectivity index (χ0n) is 15.5. The van der Waals surface area contributed by atoms with Gasteiger partial charge in [-0.15, -0.1) is 0 Å². The smallest absolute Gasteiger partial charge is 0.166 e. The number of nitrogens with one attached hydrogen (secondary N) is 1.